The van der Waals surface area contributed by atoms with E-state index < -0.39 is 0 Å². The Morgan fingerprint density at radius 2 is 2.17 bits per heavy atom. The molecule has 2 N–H and O–H groups in total. The highest BCUT2D eigenvalue weighted by molar-refractivity contribution is 5.37. The van der Waals surface area contributed by atoms with Crippen molar-refractivity contribution in [3.8, 4) is 5.75 Å². The fraction of sp³-hybridized carbons (Fsp3) is 0.357. The third-order valence-corrected chi connectivity index (χ3v) is 2.77. The minimum Gasteiger partial charge on any atom is -0.487 e. The third-order valence-electron chi connectivity index (χ3n) is 2.77. The van der Waals surface area contributed by atoms with Crippen LogP contribution in [0.15, 0.2) is 30.5 Å². The molecular weight excluding hydrogens is 226 g/mol. The summed E-state index contributed by atoms with van der Waals surface area (Å²) in [6.45, 7) is 3.19. The third kappa shape index (κ3) is 3.11. The van der Waals surface area contributed by atoms with Crippen LogP contribution in [0.1, 0.15) is 16.8 Å². The molecule has 0 bridgehead atoms. The molecule has 96 valence electrons. The molecule has 18 heavy (non-hydrogen) atoms. The Labute approximate surface area is 107 Å². The Morgan fingerprint density at radius 3 is 2.83 bits per heavy atom. The summed E-state index contributed by atoms with van der Waals surface area (Å²) >= 11 is 0. The van der Waals surface area contributed by atoms with Crippen molar-refractivity contribution >= 4 is 0 Å². The van der Waals surface area contributed by atoms with Gasteiger partial charge >= 0.3 is 0 Å². The van der Waals surface area contributed by atoms with Gasteiger partial charge in [-0.1, -0.05) is 17.7 Å². The normalized spacial score (nSPS) is 10.6. The van der Waals surface area contributed by atoms with Crippen LogP contribution in [0.3, 0.4) is 0 Å². The summed E-state index contributed by atoms with van der Waals surface area (Å²) in [7, 11) is 1.90. The molecule has 0 aliphatic carbocycles. The van der Waals surface area contributed by atoms with Crippen LogP contribution in [0.5, 0.6) is 5.75 Å². The molecule has 0 saturated heterocycles. The lowest BCUT2D eigenvalue weighted by Crippen LogP contribution is -2.06. The highest BCUT2D eigenvalue weighted by atomic mass is 16.5. The topological polar surface area (TPSA) is 53.1 Å². The van der Waals surface area contributed by atoms with Gasteiger partial charge in [0.15, 0.2) is 0 Å². The Bertz CT molecular complexity index is 520. The lowest BCUT2D eigenvalue weighted by molar-refractivity contribution is 0.297. The molecule has 0 saturated carbocycles. The predicted octanol–water partition coefficient (Wildman–Crippen LogP) is 1.81. The molecule has 2 rings (SSSR count). The first kappa shape index (κ1) is 12.6. The van der Waals surface area contributed by atoms with E-state index in [1.807, 2.05) is 31.4 Å². The second-order valence-corrected chi connectivity index (χ2v) is 4.42. The average molecular weight is 245 g/mol. The molecule has 4 nitrogen and oxygen atoms in total. The van der Waals surface area contributed by atoms with Crippen molar-refractivity contribution in [3.05, 3.63) is 47.3 Å². The zero-order valence-electron chi connectivity index (χ0n) is 10.9. The lowest BCUT2D eigenvalue weighted by atomic mass is 10.1. The highest BCUT2D eigenvalue weighted by Crippen LogP contribution is 2.21. The van der Waals surface area contributed by atoms with Crippen LogP contribution in [0.2, 0.25) is 0 Å². The molecule has 0 atom stereocenters. The number of ether oxygens (including phenoxy) is 1. The smallest absolute Gasteiger partial charge is 0.132 e. The molecule has 1 aromatic heterocycles. The molecule has 4 heteroatoms. The van der Waals surface area contributed by atoms with Crippen LogP contribution in [0.4, 0.5) is 0 Å². The van der Waals surface area contributed by atoms with Gasteiger partial charge in [0, 0.05) is 13.2 Å². The number of nitrogens with two attached hydrogens (primary N) is 1. The van der Waals surface area contributed by atoms with Crippen LogP contribution >= 0.6 is 0 Å². The summed E-state index contributed by atoms with van der Waals surface area (Å²) in [5, 5.41) is 4.29. The summed E-state index contributed by atoms with van der Waals surface area (Å²) < 4.78 is 7.59. The van der Waals surface area contributed by atoms with Crippen LogP contribution in [-0.4, -0.2) is 16.3 Å². The van der Waals surface area contributed by atoms with E-state index in [1.54, 1.807) is 4.68 Å². The van der Waals surface area contributed by atoms with Crippen LogP contribution < -0.4 is 10.5 Å². The van der Waals surface area contributed by atoms with Crippen molar-refractivity contribution < 1.29 is 4.74 Å². The minimum absolute atomic E-state index is 0.488. The van der Waals surface area contributed by atoms with Gasteiger partial charge in [0.05, 0.1) is 5.69 Å². The zero-order chi connectivity index (χ0) is 13.0. The lowest BCUT2D eigenvalue weighted by Gasteiger charge is -2.11. The number of aromatic nitrogens is 2. The van der Waals surface area contributed by atoms with Gasteiger partial charge in [-0.3, -0.25) is 4.68 Å². The van der Waals surface area contributed by atoms with Crippen LogP contribution in [0.25, 0.3) is 0 Å². The van der Waals surface area contributed by atoms with Gasteiger partial charge in [0.25, 0.3) is 0 Å². The summed E-state index contributed by atoms with van der Waals surface area (Å²) in [6.07, 6.45) is 2.74. The fourth-order valence-corrected chi connectivity index (χ4v) is 1.89. The molecule has 0 unspecified atom stereocenters. The van der Waals surface area contributed by atoms with E-state index >= 15 is 0 Å². The number of hydrogen-bond donors (Lipinski definition) is 1. The summed E-state index contributed by atoms with van der Waals surface area (Å²) in [4.78, 5) is 0. The maximum atomic E-state index is 5.81. The number of hydrogen-bond acceptors (Lipinski definition) is 3. The maximum absolute atomic E-state index is 5.81. The van der Waals surface area contributed by atoms with Crippen molar-refractivity contribution in [1.29, 1.82) is 0 Å². The summed E-state index contributed by atoms with van der Waals surface area (Å²) in [6, 6.07) is 8.13. The zero-order valence-corrected chi connectivity index (χ0v) is 10.9. The second kappa shape index (κ2) is 5.69. The van der Waals surface area contributed by atoms with E-state index in [-0.39, 0.29) is 0 Å². The first-order valence-electron chi connectivity index (χ1n) is 6.10. The van der Waals surface area contributed by atoms with Crippen LogP contribution in [-0.2, 0) is 20.1 Å². The maximum Gasteiger partial charge on any atom is 0.132 e. The summed E-state index contributed by atoms with van der Waals surface area (Å²) in [5.74, 6) is 0.900. The van der Waals surface area contributed by atoms with Crippen molar-refractivity contribution in [2.24, 2.45) is 12.8 Å². The van der Waals surface area contributed by atoms with E-state index in [0.717, 1.165) is 23.4 Å². The SMILES string of the molecule is Cc1ccc(OCc2ccn(C)n2)c(CCN)c1. The van der Waals surface area contributed by atoms with Crippen molar-refractivity contribution in [3.63, 3.8) is 0 Å². The van der Waals surface area contributed by atoms with Gasteiger partial charge in [-0.15, -0.1) is 0 Å². The van der Waals surface area contributed by atoms with Gasteiger partial charge in [-0.2, -0.15) is 5.10 Å². The monoisotopic (exact) mass is 245 g/mol. The highest BCUT2D eigenvalue weighted by Gasteiger charge is 2.05. The molecular formula is C14H19N3O. The molecule has 0 fully saturated rings. The second-order valence-electron chi connectivity index (χ2n) is 4.42. The van der Waals surface area contributed by atoms with E-state index in [4.69, 9.17) is 10.5 Å². The molecule has 0 amide bonds. The fourth-order valence-electron chi connectivity index (χ4n) is 1.89. The Balaban J connectivity index is 2.08. The number of rotatable bonds is 5. The molecule has 0 spiro atoms. The van der Waals surface area contributed by atoms with Gasteiger partial charge in [-0.25, -0.2) is 0 Å². The summed E-state index contributed by atoms with van der Waals surface area (Å²) in [5.41, 5.74) is 8.93. The van der Waals surface area contributed by atoms with Gasteiger partial charge in [0.1, 0.15) is 12.4 Å². The number of benzene rings is 1. The van der Waals surface area contributed by atoms with Gasteiger partial charge < -0.3 is 10.5 Å². The predicted molar refractivity (Wildman–Crippen MR) is 71.5 cm³/mol. The molecule has 2 aromatic rings. The van der Waals surface area contributed by atoms with E-state index in [2.05, 4.69) is 18.1 Å². The Hall–Kier alpha value is -1.81. The molecule has 0 radical (unpaired) electrons. The number of nitrogens with zero attached hydrogens (tertiary/aromatic N) is 2. The van der Waals surface area contributed by atoms with Crippen molar-refractivity contribution in [1.82, 2.24) is 9.78 Å². The molecule has 0 aliphatic heterocycles. The van der Waals surface area contributed by atoms with Crippen LogP contribution in [0, 0.1) is 6.92 Å². The molecule has 1 aromatic carbocycles. The first-order chi connectivity index (χ1) is 8.69. The van der Waals surface area contributed by atoms with Crippen molar-refractivity contribution in [2.45, 2.75) is 20.0 Å². The first-order valence-corrected chi connectivity index (χ1v) is 6.10. The molecule has 0 aliphatic rings. The standard InChI is InChI=1S/C14H19N3O/c1-11-3-4-14(12(9-11)5-7-15)18-10-13-6-8-17(2)16-13/h3-4,6,8-9H,5,7,10,15H2,1-2H3. The number of aryl methyl sites for hydroxylation is 2. The van der Waals surface area contributed by atoms with E-state index in [9.17, 15) is 0 Å². The van der Waals surface area contributed by atoms with Crippen molar-refractivity contribution in [2.75, 3.05) is 6.54 Å². The molecule has 1 heterocycles. The van der Waals surface area contributed by atoms with E-state index in [0.29, 0.717) is 13.2 Å². The van der Waals surface area contributed by atoms with Gasteiger partial charge in [0.2, 0.25) is 0 Å². The largest absolute Gasteiger partial charge is 0.487 e. The Morgan fingerprint density at radius 1 is 1.33 bits per heavy atom. The minimum atomic E-state index is 0.488. The quantitative estimate of drug-likeness (QED) is 0.874. The Kier molecular flexibility index (Phi) is 3.99. The van der Waals surface area contributed by atoms with Gasteiger partial charge in [-0.05, 0) is 37.6 Å². The van der Waals surface area contributed by atoms with E-state index in [1.165, 1.54) is 5.56 Å². The average Bonchev–Trinajstić information content (AvgIpc) is 2.75.